The highest BCUT2D eigenvalue weighted by atomic mass is 32.1. The maximum atomic E-state index is 10.8. The number of hydrogen-bond donors (Lipinski definition) is 1. The monoisotopic (exact) mass is 405 g/mol. The topological polar surface area (TPSA) is 58.9 Å². The minimum absolute atomic E-state index is 0.118. The van der Waals surface area contributed by atoms with Crippen molar-refractivity contribution in [2.24, 2.45) is 0 Å². The fourth-order valence-corrected chi connectivity index (χ4v) is 3.94. The van der Waals surface area contributed by atoms with Gasteiger partial charge in [0.15, 0.2) is 11.3 Å². The number of aromatic nitrogens is 3. The van der Waals surface area contributed by atoms with Gasteiger partial charge in [-0.15, -0.1) is 23.8 Å². The Morgan fingerprint density at radius 2 is 1.93 bits per heavy atom. The summed E-state index contributed by atoms with van der Waals surface area (Å²) in [7, 11) is 0. The Labute approximate surface area is 178 Å². The Balaban J connectivity index is 1.42. The number of aliphatic hydroxyl groups is 1. The number of fused-ring (bicyclic) bond motifs is 1. The van der Waals surface area contributed by atoms with E-state index < -0.39 is 0 Å². The van der Waals surface area contributed by atoms with Crippen LogP contribution in [0.15, 0.2) is 84.6 Å². The highest BCUT2D eigenvalue weighted by Crippen LogP contribution is 2.34. The van der Waals surface area contributed by atoms with Crippen molar-refractivity contribution in [3.63, 3.8) is 0 Å². The summed E-state index contributed by atoms with van der Waals surface area (Å²) >= 11 is 1.47. The van der Waals surface area contributed by atoms with Crippen molar-refractivity contribution in [2.45, 2.75) is 0 Å². The van der Waals surface area contributed by atoms with E-state index in [2.05, 4.69) is 26.8 Å². The van der Waals surface area contributed by atoms with Crippen molar-refractivity contribution in [3.05, 3.63) is 113 Å². The lowest BCUT2D eigenvalue weighted by molar-refractivity contribution is 0.353. The Morgan fingerprint density at radius 1 is 1.03 bits per heavy atom. The molecule has 1 aliphatic carbocycles. The van der Waals surface area contributed by atoms with Gasteiger partial charge in [0.25, 0.3) is 0 Å². The second-order valence-electron chi connectivity index (χ2n) is 6.65. The number of benzene rings is 2. The van der Waals surface area contributed by atoms with E-state index >= 15 is 0 Å². The molecule has 2 aliphatic rings. The van der Waals surface area contributed by atoms with E-state index in [1.54, 1.807) is 18.6 Å². The normalized spacial score (nSPS) is 10.6. The summed E-state index contributed by atoms with van der Waals surface area (Å²) in [5.74, 6) is 6.32. The van der Waals surface area contributed by atoms with Gasteiger partial charge in [0, 0.05) is 11.9 Å². The van der Waals surface area contributed by atoms with Crippen molar-refractivity contribution < 1.29 is 5.11 Å². The highest BCUT2D eigenvalue weighted by Gasteiger charge is 2.15. The number of pyridine rings is 1. The molecule has 1 aliphatic heterocycles. The molecular formula is C25H15N3OS-2. The molecule has 1 N–H and O–H groups in total. The smallest absolute Gasteiger partial charge is 0.250 e. The van der Waals surface area contributed by atoms with Gasteiger partial charge in [0.2, 0.25) is 5.01 Å². The standard InChI is InChI=1S/C25H15N3OS/c29-24(23-16-30-25(28-23)19-7-4-12-26-14-19)21-15-27-22-13-18(10-11-20(21)22)9-8-17-5-2-1-3-6-17/h1-7,10-16,29H/q-2. The second kappa shape index (κ2) is 7.88. The van der Waals surface area contributed by atoms with Crippen molar-refractivity contribution in [1.82, 2.24) is 15.0 Å². The first-order chi connectivity index (χ1) is 14.8. The van der Waals surface area contributed by atoms with Gasteiger partial charge in [-0.25, -0.2) is 0 Å². The zero-order valence-electron chi connectivity index (χ0n) is 15.8. The summed E-state index contributed by atoms with van der Waals surface area (Å²) in [4.78, 5) is 13.2. The fourth-order valence-electron chi connectivity index (χ4n) is 3.14. The molecule has 0 fully saturated rings. The van der Waals surface area contributed by atoms with Crippen LogP contribution in [0.3, 0.4) is 0 Å². The first kappa shape index (κ1) is 18.2. The van der Waals surface area contributed by atoms with Crippen LogP contribution in [0, 0.1) is 17.9 Å². The lowest BCUT2D eigenvalue weighted by Gasteiger charge is -2.19. The molecule has 3 aromatic rings. The summed E-state index contributed by atoms with van der Waals surface area (Å²) in [5, 5.41) is 13.5. The maximum absolute atomic E-state index is 10.8. The van der Waals surface area contributed by atoms with E-state index in [0.717, 1.165) is 33.0 Å². The van der Waals surface area contributed by atoms with Gasteiger partial charge in [-0.3, -0.25) is 4.98 Å². The lowest BCUT2D eigenvalue weighted by atomic mass is 10.00. The van der Waals surface area contributed by atoms with E-state index in [0.29, 0.717) is 11.3 Å². The van der Waals surface area contributed by atoms with E-state index in [9.17, 15) is 5.11 Å². The first-order valence-electron chi connectivity index (χ1n) is 9.33. The molecule has 0 atom stereocenters. The van der Waals surface area contributed by atoms with E-state index in [1.165, 1.54) is 11.3 Å². The van der Waals surface area contributed by atoms with Crippen LogP contribution in [0.4, 0.5) is 0 Å². The van der Waals surface area contributed by atoms with Gasteiger partial charge in [-0.1, -0.05) is 53.9 Å². The van der Waals surface area contributed by atoms with Crippen LogP contribution in [0.2, 0.25) is 0 Å². The Hall–Kier alpha value is -3.85. The van der Waals surface area contributed by atoms with Gasteiger partial charge in [0.1, 0.15) is 5.38 Å². The number of rotatable bonds is 3. The molecule has 0 spiro atoms. The minimum atomic E-state index is 0.118. The largest absolute Gasteiger partial charge is 0.412 e. The summed E-state index contributed by atoms with van der Waals surface area (Å²) in [5.41, 5.74) is 5.62. The average Bonchev–Trinajstić information content (AvgIpc) is 3.46. The lowest BCUT2D eigenvalue weighted by Crippen LogP contribution is -2.01. The van der Waals surface area contributed by atoms with E-state index in [1.807, 2.05) is 66.0 Å². The molecular weight excluding hydrogens is 390 g/mol. The number of thiazole rings is 1. The molecule has 0 amide bonds. The van der Waals surface area contributed by atoms with E-state index in [-0.39, 0.29) is 6.10 Å². The van der Waals surface area contributed by atoms with Gasteiger partial charge in [-0.2, -0.15) is 23.5 Å². The van der Waals surface area contributed by atoms with E-state index in [4.69, 9.17) is 0 Å². The highest BCUT2D eigenvalue weighted by molar-refractivity contribution is 7.13. The molecule has 0 radical (unpaired) electrons. The van der Waals surface area contributed by atoms with Crippen LogP contribution in [0.25, 0.3) is 21.8 Å². The van der Waals surface area contributed by atoms with Crippen LogP contribution in [-0.2, 0) is 0 Å². The molecule has 30 heavy (non-hydrogen) atoms. The number of nitrogens with zero attached hydrogens (tertiary/aromatic N) is 3. The van der Waals surface area contributed by atoms with Gasteiger partial charge >= 0.3 is 0 Å². The molecule has 5 rings (SSSR count). The summed E-state index contributed by atoms with van der Waals surface area (Å²) in [6.07, 6.45) is 5.28. The molecule has 0 bridgehead atoms. The molecule has 1 aromatic carbocycles. The third-order valence-corrected chi connectivity index (χ3v) is 5.55. The quantitative estimate of drug-likeness (QED) is 0.257. The van der Waals surface area contributed by atoms with Gasteiger partial charge in [0.05, 0.1) is 0 Å². The SMILES string of the molecule is O[C-](c1c[s+][c-](-c2cccnc2)n1)c1cnc2c[c-](C#Cc3ccccc3)ccc1-2. The molecule has 144 valence electrons. The molecule has 2 aromatic heterocycles. The fraction of sp³-hybridized carbons (Fsp3) is 0. The van der Waals surface area contributed by atoms with Crippen LogP contribution in [0.1, 0.15) is 22.4 Å². The minimum Gasteiger partial charge on any atom is -0.412 e. The van der Waals surface area contributed by atoms with Crippen molar-refractivity contribution >= 4 is 11.3 Å². The van der Waals surface area contributed by atoms with Crippen LogP contribution < -0.4 is 0 Å². The maximum Gasteiger partial charge on any atom is 0.250 e. The molecule has 0 unspecified atom stereocenters. The van der Waals surface area contributed by atoms with Crippen LogP contribution in [-0.4, -0.2) is 20.1 Å². The second-order valence-corrected chi connectivity index (χ2v) is 7.51. The third-order valence-electron chi connectivity index (χ3n) is 4.66. The predicted molar refractivity (Wildman–Crippen MR) is 118 cm³/mol. The molecule has 4 nitrogen and oxygen atoms in total. The number of hydrogen-bond acceptors (Lipinski definition) is 4. The average molecular weight is 405 g/mol. The Kier molecular flexibility index (Phi) is 4.78. The molecule has 0 saturated carbocycles. The van der Waals surface area contributed by atoms with Gasteiger partial charge < -0.3 is 15.1 Å². The molecule has 5 heteroatoms. The molecule has 3 heterocycles. The molecule has 0 saturated heterocycles. The summed E-state index contributed by atoms with van der Waals surface area (Å²) < 4.78 is 0. The third kappa shape index (κ3) is 3.58. The van der Waals surface area contributed by atoms with Crippen molar-refractivity contribution in [3.8, 4) is 33.7 Å². The summed E-state index contributed by atoms with van der Waals surface area (Å²) in [6.45, 7) is 0. The summed E-state index contributed by atoms with van der Waals surface area (Å²) in [6, 6.07) is 19.5. The Morgan fingerprint density at radius 3 is 2.77 bits per heavy atom. The van der Waals surface area contributed by atoms with Crippen molar-refractivity contribution in [2.75, 3.05) is 0 Å². The zero-order chi connectivity index (χ0) is 20.3. The Bertz CT molecular complexity index is 1310. The van der Waals surface area contributed by atoms with Crippen LogP contribution >= 0.6 is 11.3 Å². The first-order valence-corrected chi connectivity index (χ1v) is 10.2. The van der Waals surface area contributed by atoms with Gasteiger partial charge in [-0.05, 0) is 23.4 Å². The zero-order valence-corrected chi connectivity index (χ0v) is 16.6. The van der Waals surface area contributed by atoms with Crippen LogP contribution in [0.5, 0.6) is 0 Å². The van der Waals surface area contributed by atoms with Crippen molar-refractivity contribution in [1.29, 1.82) is 0 Å². The number of aliphatic hydroxyl groups excluding tert-OH is 1. The predicted octanol–water partition coefficient (Wildman–Crippen LogP) is 5.12.